The summed E-state index contributed by atoms with van der Waals surface area (Å²) in [5.74, 6) is 0. The van der Waals surface area contributed by atoms with E-state index in [0.29, 0.717) is 5.56 Å². The molecule has 1 aliphatic heterocycles. The molecule has 0 aliphatic carbocycles. The molecule has 1 saturated heterocycles. The van der Waals surface area contributed by atoms with Crippen LogP contribution < -0.4 is 5.46 Å². The topological polar surface area (TPSA) is 35.5 Å². The molecule has 1 aromatic rings. The molecule has 1 aliphatic rings. The lowest BCUT2D eigenvalue weighted by Gasteiger charge is -2.32. The molecule has 0 aromatic heterocycles. The van der Waals surface area contributed by atoms with Gasteiger partial charge in [-0.15, -0.1) is 0 Å². The van der Waals surface area contributed by atoms with Crippen molar-refractivity contribution in [2.24, 2.45) is 0 Å². The third-order valence-electron chi connectivity index (χ3n) is 3.78. The van der Waals surface area contributed by atoms with Gasteiger partial charge in [-0.1, -0.05) is 17.7 Å². The molecular weight excluding hydrogens is 227 g/mol. The Labute approximate surface area is 109 Å². The van der Waals surface area contributed by atoms with E-state index in [4.69, 9.17) is 9.31 Å². The van der Waals surface area contributed by atoms with Crippen molar-refractivity contribution in [3.8, 4) is 0 Å². The zero-order chi connectivity index (χ0) is 13.6. The van der Waals surface area contributed by atoms with Crippen LogP contribution in [0, 0.1) is 6.92 Å². The molecule has 18 heavy (non-hydrogen) atoms. The van der Waals surface area contributed by atoms with Crippen LogP contribution in [0.15, 0.2) is 18.2 Å². The average Bonchev–Trinajstić information content (AvgIpc) is 2.47. The van der Waals surface area contributed by atoms with Gasteiger partial charge in [0.1, 0.15) is 6.29 Å². The van der Waals surface area contributed by atoms with E-state index >= 15 is 0 Å². The van der Waals surface area contributed by atoms with Crippen molar-refractivity contribution in [1.29, 1.82) is 0 Å². The number of carbonyl (C=O) groups excluding carboxylic acids is 1. The highest BCUT2D eigenvalue weighted by atomic mass is 16.7. The van der Waals surface area contributed by atoms with Gasteiger partial charge in [-0.25, -0.2) is 0 Å². The van der Waals surface area contributed by atoms with Gasteiger partial charge in [0, 0.05) is 5.56 Å². The highest BCUT2D eigenvalue weighted by Gasteiger charge is 2.51. The zero-order valence-corrected chi connectivity index (χ0v) is 11.6. The molecule has 2 rings (SSSR count). The largest absolute Gasteiger partial charge is 0.494 e. The van der Waals surface area contributed by atoms with Crippen LogP contribution in [-0.4, -0.2) is 24.6 Å². The smallest absolute Gasteiger partial charge is 0.399 e. The van der Waals surface area contributed by atoms with Crippen molar-refractivity contribution in [2.75, 3.05) is 0 Å². The maximum absolute atomic E-state index is 10.9. The van der Waals surface area contributed by atoms with Crippen molar-refractivity contribution >= 4 is 18.9 Å². The maximum Gasteiger partial charge on any atom is 0.494 e. The molecule has 0 spiro atoms. The van der Waals surface area contributed by atoms with Gasteiger partial charge in [0.05, 0.1) is 11.2 Å². The highest BCUT2D eigenvalue weighted by molar-refractivity contribution is 6.62. The monoisotopic (exact) mass is 246 g/mol. The number of aryl methyl sites for hydroxylation is 1. The Balaban J connectivity index is 2.35. The van der Waals surface area contributed by atoms with Crippen LogP contribution in [-0.2, 0) is 9.31 Å². The van der Waals surface area contributed by atoms with E-state index in [2.05, 4.69) is 0 Å². The fourth-order valence-electron chi connectivity index (χ4n) is 2.03. The molecule has 0 radical (unpaired) electrons. The first kappa shape index (κ1) is 13.3. The Morgan fingerprint density at radius 1 is 1.06 bits per heavy atom. The van der Waals surface area contributed by atoms with Crippen molar-refractivity contribution in [3.05, 3.63) is 29.3 Å². The SMILES string of the molecule is Cc1cc(C=O)cc(B2OC(C)(C)C(C)(C)O2)c1. The van der Waals surface area contributed by atoms with Crippen molar-refractivity contribution < 1.29 is 14.1 Å². The molecule has 0 unspecified atom stereocenters. The standard InChI is InChI=1S/C14H19BO3/c1-10-6-11(9-16)8-12(7-10)15-17-13(2,3)14(4,5)18-15/h6-9H,1-5H3. The second-order valence-corrected chi connectivity index (χ2v) is 5.88. The fraction of sp³-hybridized carbons (Fsp3) is 0.500. The molecule has 3 nitrogen and oxygen atoms in total. The Bertz CT molecular complexity index is 464. The van der Waals surface area contributed by atoms with Crippen molar-refractivity contribution in [2.45, 2.75) is 45.8 Å². The fourth-order valence-corrected chi connectivity index (χ4v) is 2.03. The summed E-state index contributed by atoms with van der Waals surface area (Å²) in [6, 6.07) is 5.67. The van der Waals surface area contributed by atoms with E-state index in [-0.39, 0.29) is 11.2 Å². The van der Waals surface area contributed by atoms with Crippen LogP contribution in [0.1, 0.15) is 43.6 Å². The third kappa shape index (κ3) is 2.23. The van der Waals surface area contributed by atoms with Crippen LogP contribution in [0.5, 0.6) is 0 Å². The van der Waals surface area contributed by atoms with Crippen molar-refractivity contribution in [1.82, 2.24) is 0 Å². The van der Waals surface area contributed by atoms with Crippen molar-refractivity contribution in [3.63, 3.8) is 0 Å². The normalized spacial score (nSPS) is 21.1. The Hall–Kier alpha value is -1.13. The van der Waals surface area contributed by atoms with Crippen LogP contribution >= 0.6 is 0 Å². The molecule has 0 atom stereocenters. The molecule has 0 saturated carbocycles. The number of hydrogen-bond donors (Lipinski definition) is 0. The van der Waals surface area contributed by atoms with Crippen LogP contribution in [0.25, 0.3) is 0 Å². The molecule has 0 amide bonds. The molecule has 0 bridgehead atoms. The zero-order valence-electron chi connectivity index (χ0n) is 11.6. The Morgan fingerprint density at radius 2 is 1.61 bits per heavy atom. The Kier molecular flexibility index (Phi) is 3.12. The number of benzene rings is 1. The number of hydrogen-bond acceptors (Lipinski definition) is 3. The second-order valence-electron chi connectivity index (χ2n) is 5.88. The summed E-state index contributed by atoms with van der Waals surface area (Å²) in [7, 11) is -0.409. The third-order valence-corrected chi connectivity index (χ3v) is 3.78. The predicted molar refractivity (Wildman–Crippen MR) is 72.3 cm³/mol. The molecule has 1 heterocycles. The maximum atomic E-state index is 10.9. The molecule has 96 valence electrons. The second kappa shape index (κ2) is 4.21. The van der Waals surface area contributed by atoms with Gasteiger partial charge >= 0.3 is 7.12 Å². The summed E-state index contributed by atoms with van der Waals surface area (Å²) in [5.41, 5.74) is 1.87. The number of aldehydes is 1. The summed E-state index contributed by atoms with van der Waals surface area (Å²) < 4.78 is 11.9. The molecule has 0 N–H and O–H groups in total. The first-order valence-corrected chi connectivity index (χ1v) is 6.17. The number of rotatable bonds is 2. The van der Waals surface area contributed by atoms with E-state index in [1.54, 1.807) is 0 Å². The van der Waals surface area contributed by atoms with Gasteiger partial charge in [0.2, 0.25) is 0 Å². The van der Waals surface area contributed by atoms with E-state index in [1.807, 2.05) is 52.8 Å². The first-order chi connectivity index (χ1) is 8.25. The van der Waals surface area contributed by atoms with Crippen LogP contribution in [0.2, 0.25) is 0 Å². The summed E-state index contributed by atoms with van der Waals surface area (Å²) in [6.45, 7) is 10.0. The van der Waals surface area contributed by atoms with Gasteiger partial charge in [-0.2, -0.15) is 0 Å². The van der Waals surface area contributed by atoms with Gasteiger partial charge in [0.25, 0.3) is 0 Å². The summed E-state index contributed by atoms with van der Waals surface area (Å²) in [5, 5.41) is 0. The molecular formula is C14H19BO3. The summed E-state index contributed by atoms with van der Waals surface area (Å²) in [4.78, 5) is 10.9. The highest BCUT2D eigenvalue weighted by Crippen LogP contribution is 2.36. The molecule has 4 heteroatoms. The first-order valence-electron chi connectivity index (χ1n) is 6.17. The lowest BCUT2D eigenvalue weighted by atomic mass is 9.77. The van der Waals surface area contributed by atoms with E-state index in [9.17, 15) is 4.79 Å². The van der Waals surface area contributed by atoms with Gasteiger partial charge in [0.15, 0.2) is 0 Å². The molecule has 1 aromatic carbocycles. The van der Waals surface area contributed by atoms with Crippen LogP contribution in [0.3, 0.4) is 0 Å². The Morgan fingerprint density at radius 3 is 2.11 bits per heavy atom. The quantitative estimate of drug-likeness (QED) is 0.592. The van der Waals surface area contributed by atoms with E-state index in [0.717, 1.165) is 17.3 Å². The lowest BCUT2D eigenvalue weighted by molar-refractivity contribution is 0.00578. The summed E-state index contributed by atoms with van der Waals surface area (Å²) in [6.07, 6.45) is 0.849. The number of carbonyl (C=O) groups is 1. The molecule has 1 fully saturated rings. The average molecular weight is 246 g/mol. The van der Waals surface area contributed by atoms with Crippen LogP contribution in [0.4, 0.5) is 0 Å². The minimum absolute atomic E-state index is 0.358. The minimum atomic E-state index is -0.409. The van der Waals surface area contributed by atoms with Gasteiger partial charge in [-0.05, 0) is 46.1 Å². The minimum Gasteiger partial charge on any atom is -0.399 e. The van der Waals surface area contributed by atoms with E-state index < -0.39 is 7.12 Å². The lowest BCUT2D eigenvalue weighted by Crippen LogP contribution is -2.41. The van der Waals surface area contributed by atoms with E-state index in [1.165, 1.54) is 0 Å². The van der Waals surface area contributed by atoms with Gasteiger partial charge < -0.3 is 9.31 Å². The van der Waals surface area contributed by atoms with Gasteiger partial charge in [-0.3, -0.25) is 4.79 Å². The predicted octanol–water partition coefficient (Wildman–Crippen LogP) is 2.11. The summed E-state index contributed by atoms with van der Waals surface area (Å²) >= 11 is 0.